The third-order valence-electron chi connectivity index (χ3n) is 6.36. The van der Waals surface area contributed by atoms with Gasteiger partial charge in [-0.15, -0.1) is 0 Å². The van der Waals surface area contributed by atoms with E-state index >= 15 is 0 Å². The van der Waals surface area contributed by atoms with Crippen LogP contribution >= 0.6 is 11.6 Å². The molecule has 0 saturated carbocycles. The zero-order valence-corrected chi connectivity index (χ0v) is 20.9. The summed E-state index contributed by atoms with van der Waals surface area (Å²) in [6.07, 6.45) is 0.980. The second kappa shape index (κ2) is 10.9. The van der Waals surface area contributed by atoms with Crippen molar-refractivity contribution in [3.63, 3.8) is 0 Å². The number of piperidine rings is 1. The number of ether oxygens (including phenoxy) is 2. The fraction of sp³-hybridized carbons (Fsp3) is 0.259. The highest BCUT2D eigenvalue weighted by Crippen LogP contribution is 2.42. The van der Waals surface area contributed by atoms with Gasteiger partial charge in [0.05, 0.1) is 25.5 Å². The highest BCUT2D eigenvalue weighted by Gasteiger charge is 2.34. The molecule has 1 aliphatic heterocycles. The standard InChI is InChI=1S/C27H27ClN2O6/c1-30-21(17-6-10-23(31)25(12-17)34-2)14-20(29-36-27(33)16-4-8-19(28)9-5-16)15-22(30)18-7-11-24(32)26(13-18)35-3/h4-13,21-22,31-32H,14-15H2,1-3H3. The number of nitrogens with zero attached hydrogens (tertiary/aromatic N) is 2. The Balaban J connectivity index is 1.68. The molecule has 3 aromatic carbocycles. The van der Waals surface area contributed by atoms with Gasteiger partial charge in [-0.3, -0.25) is 4.90 Å². The molecule has 1 aliphatic rings. The summed E-state index contributed by atoms with van der Waals surface area (Å²) in [6.45, 7) is 0. The molecule has 0 aliphatic carbocycles. The van der Waals surface area contributed by atoms with E-state index in [-0.39, 0.29) is 23.6 Å². The number of halogens is 1. The summed E-state index contributed by atoms with van der Waals surface area (Å²) >= 11 is 5.91. The average Bonchev–Trinajstić information content (AvgIpc) is 2.89. The molecule has 36 heavy (non-hydrogen) atoms. The molecule has 4 rings (SSSR count). The van der Waals surface area contributed by atoms with Gasteiger partial charge in [0.2, 0.25) is 0 Å². The number of aromatic hydroxyl groups is 2. The molecule has 0 aromatic heterocycles. The Hall–Kier alpha value is -3.75. The molecule has 0 radical (unpaired) electrons. The normalized spacial score (nSPS) is 17.9. The van der Waals surface area contributed by atoms with Gasteiger partial charge >= 0.3 is 5.97 Å². The average molecular weight is 511 g/mol. The number of likely N-dealkylation sites (tertiary alicyclic amines) is 1. The lowest BCUT2D eigenvalue weighted by molar-refractivity contribution is 0.0507. The van der Waals surface area contributed by atoms with Crippen LogP contribution < -0.4 is 9.47 Å². The van der Waals surface area contributed by atoms with Crippen LogP contribution in [0.2, 0.25) is 5.02 Å². The number of rotatable bonds is 6. The topological polar surface area (TPSA) is 101 Å². The largest absolute Gasteiger partial charge is 0.504 e. The van der Waals surface area contributed by atoms with Crippen molar-refractivity contribution < 1.29 is 29.3 Å². The number of methoxy groups -OCH3 is 2. The zero-order chi connectivity index (χ0) is 25.8. The van der Waals surface area contributed by atoms with Crippen LogP contribution in [0, 0.1) is 0 Å². The third kappa shape index (κ3) is 5.40. The molecule has 2 N–H and O–H groups in total. The molecule has 2 atom stereocenters. The van der Waals surface area contributed by atoms with Crippen LogP contribution in [-0.4, -0.2) is 48.1 Å². The maximum Gasteiger partial charge on any atom is 0.365 e. The molecule has 3 aromatic rings. The fourth-order valence-corrected chi connectivity index (χ4v) is 4.49. The minimum atomic E-state index is -0.580. The van der Waals surface area contributed by atoms with Gasteiger partial charge in [-0.05, 0) is 66.7 Å². The lowest BCUT2D eigenvalue weighted by atomic mass is 9.86. The minimum absolute atomic E-state index is 0.0466. The van der Waals surface area contributed by atoms with Crippen molar-refractivity contribution in [1.29, 1.82) is 0 Å². The number of phenolic OH excluding ortho intramolecular Hbond substituents is 2. The highest BCUT2D eigenvalue weighted by molar-refractivity contribution is 6.30. The lowest BCUT2D eigenvalue weighted by Gasteiger charge is -2.40. The number of hydrogen-bond donors (Lipinski definition) is 2. The van der Waals surface area contributed by atoms with Crippen molar-refractivity contribution in [1.82, 2.24) is 4.90 Å². The first kappa shape index (κ1) is 25.3. The molecule has 0 bridgehead atoms. The maximum atomic E-state index is 12.5. The first-order chi connectivity index (χ1) is 17.3. The Morgan fingerprint density at radius 3 is 1.86 bits per heavy atom. The number of oxime groups is 1. The van der Waals surface area contributed by atoms with Crippen molar-refractivity contribution in [2.24, 2.45) is 5.16 Å². The Labute approximate surface area is 214 Å². The van der Waals surface area contributed by atoms with E-state index in [0.717, 1.165) is 11.1 Å². The first-order valence-electron chi connectivity index (χ1n) is 11.3. The number of benzene rings is 3. The second-order valence-corrected chi connectivity index (χ2v) is 8.95. The summed E-state index contributed by atoms with van der Waals surface area (Å²) < 4.78 is 10.6. The zero-order valence-electron chi connectivity index (χ0n) is 20.1. The summed E-state index contributed by atoms with van der Waals surface area (Å²) in [7, 11) is 4.99. The number of hydrogen-bond acceptors (Lipinski definition) is 8. The molecule has 1 heterocycles. The monoisotopic (exact) mass is 510 g/mol. The summed E-state index contributed by atoms with van der Waals surface area (Å²) in [6, 6.07) is 16.5. The van der Waals surface area contributed by atoms with E-state index in [0.29, 0.717) is 40.6 Å². The van der Waals surface area contributed by atoms with E-state index in [1.54, 1.807) is 48.5 Å². The summed E-state index contributed by atoms with van der Waals surface area (Å²) in [5.74, 6) is 0.239. The van der Waals surface area contributed by atoms with Crippen LogP contribution in [0.25, 0.3) is 0 Å². The van der Waals surface area contributed by atoms with Crippen LogP contribution in [0.5, 0.6) is 23.0 Å². The third-order valence-corrected chi connectivity index (χ3v) is 6.61. The second-order valence-electron chi connectivity index (χ2n) is 8.51. The lowest BCUT2D eigenvalue weighted by Crippen LogP contribution is -2.37. The van der Waals surface area contributed by atoms with Gasteiger partial charge in [0.15, 0.2) is 23.0 Å². The molecule has 1 fully saturated rings. The molecular formula is C27H27ClN2O6. The molecule has 1 saturated heterocycles. The van der Waals surface area contributed by atoms with Crippen LogP contribution in [0.4, 0.5) is 0 Å². The molecule has 0 amide bonds. The van der Waals surface area contributed by atoms with Gasteiger partial charge in [0, 0.05) is 29.9 Å². The smallest absolute Gasteiger partial charge is 0.365 e. The maximum absolute atomic E-state index is 12.5. The molecule has 2 unspecified atom stereocenters. The Kier molecular flexibility index (Phi) is 7.67. The van der Waals surface area contributed by atoms with E-state index in [1.807, 2.05) is 19.2 Å². The fourth-order valence-electron chi connectivity index (χ4n) is 4.36. The number of carbonyl (C=O) groups is 1. The summed E-state index contributed by atoms with van der Waals surface area (Å²) in [4.78, 5) is 20.0. The van der Waals surface area contributed by atoms with Crippen LogP contribution in [0.1, 0.15) is 46.4 Å². The van der Waals surface area contributed by atoms with Crippen molar-refractivity contribution >= 4 is 23.3 Å². The van der Waals surface area contributed by atoms with Gasteiger partial charge in [-0.2, -0.15) is 0 Å². The predicted octanol–water partition coefficient (Wildman–Crippen LogP) is 5.49. The summed E-state index contributed by atoms with van der Waals surface area (Å²) in [5, 5.41) is 24.9. The van der Waals surface area contributed by atoms with Gasteiger partial charge in [0.25, 0.3) is 0 Å². The van der Waals surface area contributed by atoms with Crippen LogP contribution in [0.15, 0.2) is 65.8 Å². The predicted molar refractivity (Wildman–Crippen MR) is 136 cm³/mol. The van der Waals surface area contributed by atoms with E-state index in [2.05, 4.69) is 10.1 Å². The van der Waals surface area contributed by atoms with Gasteiger partial charge in [-0.25, -0.2) is 4.79 Å². The summed E-state index contributed by atoms with van der Waals surface area (Å²) in [5.41, 5.74) is 2.83. The Morgan fingerprint density at radius 1 is 0.889 bits per heavy atom. The molecule has 8 nitrogen and oxygen atoms in total. The quantitative estimate of drug-likeness (QED) is 0.334. The van der Waals surface area contributed by atoms with Gasteiger partial charge < -0.3 is 24.5 Å². The van der Waals surface area contributed by atoms with Crippen LogP contribution in [0.3, 0.4) is 0 Å². The van der Waals surface area contributed by atoms with Gasteiger partial charge in [-0.1, -0.05) is 28.9 Å². The van der Waals surface area contributed by atoms with E-state index in [9.17, 15) is 15.0 Å². The minimum Gasteiger partial charge on any atom is -0.504 e. The van der Waals surface area contributed by atoms with Crippen molar-refractivity contribution in [2.75, 3.05) is 21.3 Å². The van der Waals surface area contributed by atoms with Crippen LogP contribution in [-0.2, 0) is 4.84 Å². The van der Waals surface area contributed by atoms with Crippen molar-refractivity contribution in [3.8, 4) is 23.0 Å². The van der Waals surface area contributed by atoms with E-state index < -0.39 is 5.97 Å². The van der Waals surface area contributed by atoms with Crippen molar-refractivity contribution in [3.05, 3.63) is 82.4 Å². The van der Waals surface area contributed by atoms with E-state index in [1.165, 1.54) is 14.2 Å². The highest BCUT2D eigenvalue weighted by atomic mass is 35.5. The Morgan fingerprint density at radius 2 is 1.39 bits per heavy atom. The van der Waals surface area contributed by atoms with Crippen molar-refractivity contribution in [2.45, 2.75) is 24.9 Å². The number of carbonyl (C=O) groups excluding carboxylic acids is 1. The molecule has 9 heteroatoms. The Bertz CT molecular complexity index is 1210. The molecule has 188 valence electrons. The number of phenols is 2. The SMILES string of the molecule is COc1cc(C2CC(=NOC(=O)c3ccc(Cl)cc3)CC(c3ccc(O)c(OC)c3)N2C)ccc1O. The van der Waals surface area contributed by atoms with E-state index in [4.69, 9.17) is 25.9 Å². The molecule has 0 spiro atoms. The van der Waals surface area contributed by atoms with Gasteiger partial charge in [0.1, 0.15) is 0 Å². The molecular weight excluding hydrogens is 484 g/mol. The first-order valence-corrected chi connectivity index (χ1v) is 11.7.